The minimum Gasteiger partial charge on any atom is -0.203 e. The van der Waals surface area contributed by atoms with Gasteiger partial charge in [-0.1, -0.05) is 0 Å². The Morgan fingerprint density at radius 2 is 0.786 bits per heavy atom. The summed E-state index contributed by atoms with van der Waals surface area (Å²) in [4.78, 5) is 0. The van der Waals surface area contributed by atoms with E-state index >= 15 is 0 Å². The summed E-state index contributed by atoms with van der Waals surface area (Å²) in [5, 5.41) is -3.01. The molecule has 0 aliphatic rings. The van der Waals surface area contributed by atoms with E-state index in [1.807, 2.05) is 0 Å². The minimum atomic E-state index is -8.58. The molecule has 0 heterocycles. The van der Waals surface area contributed by atoms with E-state index in [2.05, 4.69) is 0 Å². The van der Waals surface area contributed by atoms with Crippen LogP contribution in [-0.4, -0.2) is 59.8 Å². The highest BCUT2D eigenvalue weighted by atomic mass is 19.4. The minimum absolute atomic E-state index is 3.01. The average Bonchev–Trinajstić information content (AvgIpc) is 2.44. The quantitative estimate of drug-likeness (QED) is 0.308. The van der Waals surface area contributed by atoms with Crippen molar-refractivity contribution in [3.63, 3.8) is 0 Å². The van der Waals surface area contributed by atoms with Gasteiger partial charge in [-0.2, -0.15) is 61.5 Å². The number of nitrogens with zero attached hydrogens (tertiary/aromatic N) is 1. The van der Waals surface area contributed by atoms with Gasteiger partial charge in [0, 0.05) is 5.34 Å². The molecule has 0 rings (SSSR count). The van der Waals surface area contributed by atoms with E-state index in [1.165, 1.54) is 0 Å². The third-order valence-electron chi connectivity index (χ3n) is 3.05. The van der Waals surface area contributed by atoms with Gasteiger partial charge in [-0.25, -0.2) is 8.78 Å². The second-order valence-electron chi connectivity index (χ2n) is 4.96. The lowest BCUT2D eigenvalue weighted by molar-refractivity contribution is -0.449. The van der Waals surface area contributed by atoms with Crippen LogP contribution in [0.4, 0.5) is 79.2 Å². The van der Waals surface area contributed by atoms with Gasteiger partial charge in [0.15, 0.2) is 0 Å². The maximum atomic E-state index is 13.1. The molecule has 0 N–H and O–H groups in total. The Hall–Kier alpha value is -1.30. The summed E-state index contributed by atoms with van der Waals surface area (Å²) in [6.07, 6.45) is -5.94. The van der Waals surface area contributed by atoms with Crippen LogP contribution >= 0.6 is 0 Å². The third kappa shape index (κ3) is 3.42. The van der Waals surface area contributed by atoms with Gasteiger partial charge in [-0.05, 0) is 0 Å². The van der Waals surface area contributed by atoms with Gasteiger partial charge in [0.25, 0.3) is 0 Å². The fourth-order valence-corrected chi connectivity index (χ4v) is 1.42. The normalized spacial score (nSPS) is 16.3. The summed E-state index contributed by atoms with van der Waals surface area (Å²) in [6.45, 7) is -3.83. The summed E-state index contributed by atoms with van der Waals surface area (Å²) < 4.78 is 227. The SMILES string of the molecule is FC(F)C(F)(F)C(F)(F)C(F)(F)C(F)(F)C(F)(F)C(F)(F)C(F)(F)CN(F)F. The molecule has 0 bridgehead atoms. The van der Waals surface area contributed by atoms with Crippen molar-refractivity contribution in [2.24, 2.45) is 0 Å². The molecule has 0 aliphatic heterocycles. The average molecular weight is 467 g/mol. The van der Waals surface area contributed by atoms with Crippen LogP contribution in [0, 0.1) is 0 Å². The molecule has 0 saturated carbocycles. The molecule has 170 valence electrons. The van der Waals surface area contributed by atoms with E-state index < -0.39 is 59.8 Å². The summed E-state index contributed by atoms with van der Waals surface area (Å²) >= 11 is 0. The van der Waals surface area contributed by atoms with E-state index in [4.69, 9.17) is 0 Å². The predicted octanol–water partition coefficient (Wildman–Crippen LogP) is 5.77. The molecule has 0 unspecified atom stereocenters. The number of hydrogen-bond donors (Lipinski definition) is 0. The Morgan fingerprint density at radius 3 is 1.07 bits per heavy atom. The first-order chi connectivity index (χ1) is 11.9. The predicted molar refractivity (Wildman–Crippen MR) is 49.6 cm³/mol. The summed E-state index contributed by atoms with van der Waals surface area (Å²) in [6, 6.07) is 0. The van der Waals surface area contributed by atoms with Gasteiger partial charge in [-0.3, -0.25) is 0 Å². The smallest absolute Gasteiger partial charge is 0.203 e. The van der Waals surface area contributed by atoms with Gasteiger partial charge < -0.3 is 0 Å². The molecule has 28 heavy (non-hydrogen) atoms. The fourth-order valence-electron chi connectivity index (χ4n) is 1.42. The van der Waals surface area contributed by atoms with Gasteiger partial charge in [0.1, 0.15) is 6.54 Å². The second kappa shape index (κ2) is 6.89. The second-order valence-corrected chi connectivity index (χ2v) is 4.96. The summed E-state index contributed by atoms with van der Waals surface area (Å²) in [5.41, 5.74) is 0. The van der Waals surface area contributed by atoms with Crippen LogP contribution in [0.25, 0.3) is 0 Å². The molecule has 19 heteroatoms. The van der Waals surface area contributed by atoms with Gasteiger partial charge >= 0.3 is 47.9 Å². The molecular formula is C9H3F18N. The Kier molecular flexibility index (Phi) is 6.57. The maximum Gasteiger partial charge on any atom is 0.384 e. The highest BCUT2D eigenvalue weighted by Crippen LogP contribution is 2.62. The van der Waals surface area contributed by atoms with Crippen molar-refractivity contribution in [2.45, 2.75) is 47.9 Å². The number of rotatable bonds is 9. The highest BCUT2D eigenvalue weighted by molar-refractivity contribution is 5.14. The number of hydrogen-bond acceptors (Lipinski definition) is 1. The van der Waals surface area contributed by atoms with Crippen molar-refractivity contribution in [1.29, 1.82) is 0 Å². The molecule has 0 radical (unpaired) electrons. The first kappa shape index (κ1) is 26.7. The zero-order valence-electron chi connectivity index (χ0n) is 12.0. The first-order valence-corrected chi connectivity index (χ1v) is 5.88. The van der Waals surface area contributed by atoms with Gasteiger partial charge in [0.2, 0.25) is 0 Å². The van der Waals surface area contributed by atoms with Crippen molar-refractivity contribution < 1.29 is 79.2 Å². The van der Waals surface area contributed by atoms with E-state index in [0.29, 0.717) is 0 Å². The fraction of sp³-hybridized carbons (Fsp3) is 1.00. The molecule has 0 fully saturated rings. The van der Waals surface area contributed by atoms with Crippen LogP contribution in [0.3, 0.4) is 0 Å². The summed E-state index contributed by atoms with van der Waals surface area (Å²) in [7, 11) is 0. The van der Waals surface area contributed by atoms with E-state index in [9.17, 15) is 79.2 Å². The zero-order chi connectivity index (χ0) is 23.4. The molecule has 0 saturated heterocycles. The topological polar surface area (TPSA) is 3.24 Å². The first-order valence-electron chi connectivity index (χ1n) is 5.88. The van der Waals surface area contributed by atoms with Crippen LogP contribution in [-0.2, 0) is 0 Å². The monoisotopic (exact) mass is 467 g/mol. The maximum absolute atomic E-state index is 13.1. The van der Waals surface area contributed by atoms with E-state index in [-0.39, 0.29) is 0 Å². The Bertz CT molecular complexity index is 549. The molecule has 0 aromatic rings. The van der Waals surface area contributed by atoms with Crippen molar-refractivity contribution in [2.75, 3.05) is 6.54 Å². The van der Waals surface area contributed by atoms with Crippen LogP contribution < -0.4 is 0 Å². The van der Waals surface area contributed by atoms with Crippen LogP contribution in [0.5, 0.6) is 0 Å². The highest BCUT2D eigenvalue weighted by Gasteiger charge is 2.93. The van der Waals surface area contributed by atoms with Crippen molar-refractivity contribution in [3.05, 3.63) is 0 Å². The van der Waals surface area contributed by atoms with E-state index in [1.54, 1.807) is 0 Å². The van der Waals surface area contributed by atoms with Gasteiger partial charge in [-0.15, -0.1) is 8.96 Å². The third-order valence-corrected chi connectivity index (χ3v) is 3.05. The lowest BCUT2D eigenvalue weighted by Crippen LogP contribution is -2.74. The number of alkyl halides is 16. The zero-order valence-corrected chi connectivity index (χ0v) is 12.0. The lowest BCUT2D eigenvalue weighted by atomic mass is 9.89. The van der Waals surface area contributed by atoms with Gasteiger partial charge in [0.05, 0.1) is 0 Å². The van der Waals surface area contributed by atoms with Crippen molar-refractivity contribution in [3.8, 4) is 0 Å². The summed E-state index contributed by atoms with van der Waals surface area (Å²) in [5.74, 6) is -56.3. The molecule has 1 nitrogen and oxygen atoms in total. The Balaban J connectivity index is 6.55. The Labute approximate surface area is 140 Å². The molecule has 0 aromatic heterocycles. The molecule has 0 aliphatic carbocycles. The lowest BCUT2D eigenvalue weighted by Gasteiger charge is -2.42. The molecule has 0 atom stereocenters. The van der Waals surface area contributed by atoms with Crippen LogP contribution in [0.1, 0.15) is 0 Å². The van der Waals surface area contributed by atoms with Crippen LogP contribution in [0.2, 0.25) is 0 Å². The molecule has 0 aromatic carbocycles. The van der Waals surface area contributed by atoms with Crippen LogP contribution in [0.15, 0.2) is 0 Å². The Morgan fingerprint density at radius 1 is 0.500 bits per heavy atom. The van der Waals surface area contributed by atoms with Crippen molar-refractivity contribution >= 4 is 0 Å². The number of halogens is 18. The largest absolute Gasteiger partial charge is 0.384 e. The molecule has 0 spiro atoms. The van der Waals surface area contributed by atoms with Crippen molar-refractivity contribution in [1.82, 2.24) is 5.34 Å². The standard InChI is InChI=1S/C9H3F18N/c10-2(11)4(14,15)6(18,19)8(22,23)9(24,25)7(20,21)5(16,17)3(12,13)1-28(26)27/h2H,1H2. The molecule has 0 amide bonds. The van der Waals surface area contributed by atoms with E-state index in [0.717, 1.165) is 0 Å². The molecular weight excluding hydrogens is 464 g/mol.